The first-order valence-electron chi connectivity index (χ1n) is 7.65. The summed E-state index contributed by atoms with van der Waals surface area (Å²) < 4.78 is 2.00. The van der Waals surface area contributed by atoms with Crippen LogP contribution in [0.4, 0.5) is 0 Å². The predicted octanol–water partition coefficient (Wildman–Crippen LogP) is 2.03. The largest absolute Gasteiger partial charge is 0.391 e. The Bertz CT molecular complexity index is 405. The standard InChI is InChI=1S/C15H25N3O2/c1-2-5-12(18-9-8-16-11-18)10-15(20)17-13-6-3-4-7-14(13)19/h8-9,11-14,19H,2-7,10H2,1H3,(H,17,20)/t12?,13-,14-/m1/s1. The molecule has 3 atom stereocenters. The molecule has 1 fully saturated rings. The van der Waals surface area contributed by atoms with E-state index in [9.17, 15) is 9.90 Å². The lowest BCUT2D eigenvalue weighted by molar-refractivity contribution is -0.123. The van der Waals surface area contributed by atoms with Gasteiger partial charge in [-0.05, 0) is 19.3 Å². The molecule has 0 saturated heterocycles. The Kier molecular flexibility index (Phi) is 5.59. The van der Waals surface area contributed by atoms with Gasteiger partial charge >= 0.3 is 0 Å². The third kappa shape index (κ3) is 4.07. The van der Waals surface area contributed by atoms with E-state index < -0.39 is 0 Å². The van der Waals surface area contributed by atoms with Crippen molar-refractivity contribution in [1.29, 1.82) is 0 Å². The van der Waals surface area contributed by atoms with Gasteiger partial charge in [-0.2, -0.15) is 0 Å². The van der Waals surface area contributed by atoms with Crippen molar-refractivity contribution >= 4 is 5.91 Å². The molecule has 1 aliphatic carbocycles. The number of aliphatic hydroxyl groups excluding tert-OH is 1. The molecule has 112 valence electrons. The predicted molar refractivity (Wildman–Crippen MR) is 77.2 cm³/mol. The zero-order valence-electron chi connectivity index (χ0n) is 12.2. The summed E-state index contributed by atoms with van der Waals surface area (Å²) in [6.45, 7) is 2.12. The van der Waals surface area contributed by atoms with E-state index in [1.165, 1.54) is 0 Å². The highest BCUT2D eigenvalue weighted by atomic mass is 16.3. The van der Waals surface area contributed by atoms with Crippen LogP contribution >= 0.6 is 0 Å². The van der Waals surface area contributed by atoms with E-state index in [4.69, 9.17) is 0 Å². The number of carbonyl (C=O) groups is 1. The second-order valence-electron chi connectivity index (χ2n) is 5.68. The van der Waals surface area contributed by atoms with Crippen molar-refractivity contribution in [2.75, 3.05) is 0 Å². The third-order valence-electron chi connectivity index (χ3n) is 4.07. The van der Waals surface area contributed by atoms with Crippen molar-refractivity contribution in [3.8, 4) is 0 Å². The number of amides is 1. The molecular weight excluding hydrogens is 254 g/mol. The van der Waals surface area contributed by atoms with Crippen LogP contribution in [0.5, 0.6) is 0 Å². The Morgan fingerprint density at radius 1 is 1.50 bits per heavy atom. The number of nitrogens with one attached hydrogen (secondary N) is 1. The maximum atomic E-state index is 12.2. The summed E-state index contributed by atoms with van der Waals surface area (Å²) >= 11 is 0. The van der Waals surface area contributed by atoms with Crippen LogP contribution in [0.1, 0.15) is 57.9 Å². The number of hydrogen-bond donors (Lipinski definition) is 2. The van der Waals surface area contributed by atoms with Crippen molar-refractivity contribution in [3.63, 3.8) is 0 Å². The molecule has 1 amide bonds. The average Bonchev–Trinajstić information content (AvgIpc) is 2.95. The molecule has 1 aromatic heterocycles. The molecule has 1 saturated carbocycles. The molecular formula is C15H25N3O2. The summed E-state index contributed by atoms with van der Waals surface area (Å²) in [5.74, 6) is 0.0306. The molecule has 0 aromatic carbocycles. The van der Waals surface area contributed by atoms with Gasteiger partial charge in [0.1, 0.15) is 0 Å². The minimum atomic E-state index is -0.384. The number of aliphatic hydroxyl groups is 1. The van der Waals surface area contributed by atoms with Gasteiger partial charge in [0.15, 0.2) is 0 Å². The summed E-state index contributed by atoms with van der Waals surface area (Å²) in [4.78, 5) is 16.2. The van der Waals surface area contributed by atoms with Gasteiger partial charge in [0.2, 0.25) is 5.91 Å². The molecule has 0 bridgehead atoms. The van der Waals surface area contributed by atoms with Crippen LogP contribution in [0.2, 0.25) is 0 Å². The molecule has 0 radical (unpaired) electrons. The smallest absolute Gasteiger partial charge is 0.222 e. The number of aromatic nitrogens is 2. The first-order chi connectivity index (χ1) is 9.70. The van der Waals surface area contributed by atoms with Crippen LogP contribution in [0, 0.1) is 0 Å². The number of carbonyl (C=O) groups excluding carboxylic acids is 1. The zero-order valence-corrected chi connectivity index (χ0v) is 12.2. The monoisotopic (exact) mass is 279 g/mol. The van der Waals surface area contributed by atoms with E-state index in [1.54, 1.807) is 12.5 Å². The second kappa shape index (κ2) is 7.43. The molecule has 1 aliphatic rings. The fourth-order valence-corrected chi connectivity index (χ4v) is 2.93. The summed E-state index contributed by atoms with van der Waals surface area (Å²) in [7, 11) is 0. The summed E-state index contributed by atoms with van der Waals surface area (Å²) in [5, 5.41) is 12.9. The molecule has 1 aromatic rings. The number of nitrogens with zero attached hydrogens (tertiary/aromatic N) is 2. The van der Waals surface area contributed by atoms with Gasteiger partial charge in [-0.15, -0.1) is 0 Å². The Balaban J connectivity index is 1.88. The van der Waals surface area contributed by atoms with Gasteiger partial charge in [-0.25, -0.2) is 4.98 Å². The van der Waals surface area contributed by atoms with Crippen molar-refractivity contribution < 1.29 is 9.90 Å². The molecule has 0 aliphatic heterocycles. The molecule has 1 heterocycles. The number of hydrogen-bond acceptors (Lipinski definition) is 3. The van der Waals surface area contributed by atoms with Crippen LogP contribution in [0.25, 0.3) is 0 Å². The van der Waals surface area contributed by atoms with E-state index in [1.807, 2.05) is 10.8 Å². The highest BCUT2D eigenvalue weighted by molar-refractivity contribution is 5.76. The molecule has 0 spiro atoms. The highest BCUT2D eigenvalue weighted by Crippen LogP contribution is 2.21. The van der Waals surface area contributed by atoms with Gasteiger partial charge in [0, 0.05) is 24.9 Å². The van der Waals surface area contributed by atoms with Crippen molar-refractivity contribution in [3.05, 3.63) is 18.7 Å². The van der Waals surface area contributed by atoms with Gasteiger partial charge in [-0.3, -0.25) is 4.79 Å². The fraction of sp³-hybridized carbons (Fsp3) is 0.733. The van der Waals surface area contributed by atoms with Crippen LogP contribution in [0.3, 0.4) is 0 Å². The molecule has 1 unspecified atom stereocenters. The van der Waals surface area contributed by atoms with Gasteiger partial charge in [-0.1, -0.05) is 26.2 Å². The van der Waals surface area contributed by atoms with E-state index in [-0.39, 0.29) is 24.1 Å². The van der Waals surface area contributed by atoms with Crippen LogP contribution in [-0.2, 0) is 4.79 Å². The van der Waals surface area contributed by atoms with Gasteiger partial charge < -0.3 is 15.0 Å². The average molecular weight is 279 g/mol. The Hall–Kier alpha value is -1.36. The number of rotatable bonds is 6. The minimum absolute atomic E-state index is 0.0306. The zero-order chi connectivity index (χ0) is 14.4. The lowest BCUT2D eigenvalue weighted by Gasteiger charge is -2.29. The molecule has 5 nitrogen and oxygen atoms in total. The lowest BCUT2D eigenvalue weighted by atomic mass is 9.92. The Morgan fingerprint density at radius 2 is 2.30 bits per heavy atom. The molecule has 2 N–H and O–H groups in total. The van der Waals surface area contributed by atoms with E-state index in [0.717, 1.165) is 38.5 Å². The highest BCUT2D eigenvalue weighted by Gasteiger charge is 2.25. The Labute approximate surface area is 120 Å². The molecule has 5 heteroatoms. The Morgan fingerprint density at radius 3 is 2.95 bits per heavy atom. The van der Waals surface area contributed by atoms with E-state index >= 15 is 0 Å². The van der Waals surface area contributed by atoms with E-state index in [0.29, 0.717) is 6.42 Å². The fourth-order valence-electron chi connectivity index (χ4n) is 2.93. The maximum absolute atomic E-state index is 12.2. The normalized spacial score (nSPS) is 24.3. The topological polar surface area (TPSA) is 67.2 Å². The molecule has 2 rings (SSSR count). The van der Waals surface area contributed by atoms with Crippen LogP contribution in [-0.4, -0.2) is 32.7 Å². The quantitative estimate of drug-likeness (QED) is 0.837. The van der Waals surface area contributed by atoms with Crippen molar-refractivity contribution in [1.82, 2.24) is 14.9 Å². The van der Waals surface area contributed by atoms with Gasteiger partial charge in [0.05, 0.1) is 18.5 Å². The van der Waals surface area contributed by atoms with E-state index in [2.05, 4.69) is 17.2 Å². The van der Waals surface area contributed by atoms with Gasteiger partial charge in [0.25, 0.3) is 0 Å². The second-order valence-corrected chi connectivity index (χ2v) is 5.68. The lowest BCUT2D eigenvalue weighted by Crippen LogP contribution is -2.45. The van der Waals surface area contributed by atoms with Crippen LogP contribution < -0.4 is 5.32 Å². The number of imidazole rings is 1. The summed E-state index contributed by atoms with van der Waals surface area (Å²) in [5.41, 5.74) is 0. The minimum Gasteiger partial charge on any atom is -0.391 e. The SMILES string of the molecule is CCCC(CC(=O)N[C@@H]1CCCC[C@H]1O)n1ccnc1. The summed E-state index contributed by atoms with van der Waals surface area (Å²) in [6, 6.07) is 0.0875. The van der Waals surface area contributed by atoms with Crippen LogP contribution in [0.15, 0.2) is 18.7 Å². The summed E-state index contributed by atoms with van der Waals surface area (Å²) in [6.07, 6.45) is 11.3. The maximum Gasteiger partial charge on any atom is 0.222 e. The molecule has 20 heavy (non-hydrogen) atoms. The first-order valence-corrected chi connectivity index (χ1v) is 7.65. The first kappa shape index (κ1) is 15.0. The van der Waals surface area contributed by atoms with Crippen molar-refractivity contribution in [2.45, 2.75) is 70.1 Å². The van der Waals surface area contributed by atoms with Crippen molar-refractivity contribution in [2.24, 2.45) is 0 Å². The third-order valence-corrected chi connectivity index (χ3v) is 4.07.